The summed E-state index contributed by atoms with van der Waals surface area (Å²) in [6.45, 7) is 1.97. The van der Waals surface area contributed by atoms with Crippen LogP contribution in [0.4, 0.5) is 5.69 Å². The average Bonchev–Trinajstić information content (AvgIpc) is 2.83. The lowest BCUT2D eigenvalue weighted by Gasteiger charge is -2.25. The van der Waals surface area contributed by atoms with Gasteiger partial charge in [-0.3, -0.25) is 9.59 Å². The van der Waals surface area contributed by atoms with Crippen LogP contribution >= 0.6 is 11.6 Å². The highest BCUT2D eigenvalue weighted by Crippen LogP contribution is 2.25. The van der Waals surface area contributed by atoms with E-state index >= 15 is 0 Å². The molecule has 1 aromatic heterocycles. The number of hydrogen-bond donors (Lipinski definition) is 1. The molecule has 0 saturated carbocycles. The van der Waals surface area contributed by atoms with E-state index in [1.165, 1.54) is 6.07 Å². The molecule has 9 heteroatoms. The summed E-state index contributed by atoms with van der Waals surface area (Å²) in [4.78, 5) is 37.7. The second-order valence-corrected chi connectivity index (χ2v) is 8.28. The molecular weight excluding hydrogens is 456 g/mol. The number of amides is 1. The maximum Gasteiger partial charge on any atom is 0.326 e. The number of rotatable bonds is 8. The summed E-state index contributed by atoms with van der Waals surface area (Å²) in [5.41, 5.74) is 3.48. The fraction of sp³-hybridized carbons (Fsp3) is 0.160. The lowest BCUT2D eigenvalue weighted by Crippen LogP contribution is -2.42. The quantitative estimate of drug-likeness (QED) is 0.386. The molecule has 0 aliphatic carbocycles. The van der Waals surface area contributed by atoms with Gasteiger partial charge in [0, 0.05) is 17.3 Å². The number of fused-ring (bicyclic) bond motifs is 1. The highest BCUT2D eigenvalue weighted by Gasteiger charge is 2.26. The van der Waals surface area contributed by atoms with E-state index < -0.39 is 17.6 Å². The zero-order chi connectivity index (χ0) is 24.2. The number of anilines is 1. The number of carbonyl (C=O) groups is 2. The fourth-order valence-corrected chi connectivity index (χ4v) is 3.88. The summed E-state index contributed by atoms with van der Waals surface area (Å²) in [6.07, 6.45) is 0.442. The first kappa shape index (κ1) is 23.1. The van der Waals surface area contributed by atoms with Gasteiger partial charge in [-0.2, -0.15) is 0 Å². The van der Waals surface area contributed by atoms with Crippen molar-refractivity contribution in [1.82, 2.24) is 15.0 Å². The first-order valence-electron chi connectivity index (χ1n) is 10.5. The Morgan fingerprint density at radius 1 is 1.09 bits per heavy atom. The predicted octanol–water partition coefficient (Wildman–Crippen LogP) is 3.93. The van der Waals surface area contributed by atoms with E-state index in [2.05, 4.69) is 10.3 Å². The number of aromatic nitrogens is 3. The zero-order valence-corrected chi connectivity index (χ0v) is 19.0. The Morgan fingerprint density at radius 2 is 1.74 bits per heavy atom. The Morgan fingerprint density at radius 3 is 2.35 bits per heavy atom. The largest absolute Gasteiger partial charge is 0.480 e. The second kappa shape index (κ2) is 9.84. The molecule has 0 aliphatic heterocycles. The maximum absolute atomic E-state index is 12.7. The van der Waals surface area contributed by atoms with Gasteiger partial charge in [-0.25, -0.2) is 9.48 Å². The molecule has 172 valence electrons. The number of carboxylic acids is 1. The SMILES string of the molecule is Cc1ccc(-c2ccc(N(C=O)C(CCn3nnc4cc(Cl)ccc4c3=O)C(=O)O)cc2)cc1. The zero-order valence-electron chi connectivity index (χ0n) is 18.3. The van der Waals surface area contributed by atoms with Crippen molar-refractivity contribution in [2.24, 2.45) is 0 Å². The summed E-state index contributed by atoms with van der Waals surface area (Å²) < 4.78 is 1.09. The molecule has 0 radical (unpaired) electrons. The third-order valence-electron chi connectivity index (χ3n) is 5.58. The van der Waals surface area contributed by atoms with Crippen molar-refractivity contribution in [3.8, 4) is 11.1 Å². The van der Waals surface area contributed by atoms with E-state index in [1.807, 2.05) is 43.3 Å². The third-order valence-corrected chi connectivity index (χ3v) is 5.82. The molecule has 8 nitrogen and oxygen atoms in total. The van der Waals surface area contributed by atoms with Gasteiger partial charge >= 0.3 is 5.97 Å². The van der Waals surface area contributed by atoms with Gasteiger partial charge < -0.3 is 10.0 Å². The molecule has 1 N–H and O–H groups in total. The Hall–Kier alpha value is -4.04. The van der Waals surface area contributed by atoms with Crippen LogP contribution in [-0.2, 0) is 16.1 Å². The van der Waals surface area contributed by atoms with Crippen LogP contribution in [0, 0.1) is 6.92 Å². The first-order valence-corrected chi connectivity index (χ1v) is 10.9. The van der Waals surface area contributed by atoms with Gasteiger partial charge in [0.25, 0.3) is 5.56 Å². The van der Waals surface area contributed by atoms with Crippen molar-refractivity contribution in [1.29, 1.82) is 0 Å². The molecule has 1 atom stereocenters. The summed E-state index contributed by atoms with van der Waals surface area (Å²) in [5.74, 6) is -1.19. The topological polar surface area (TPSA) is 105 Å². The van der Waals surface area contributed by atoms with Crippen LogP contribution in [0.1, 0.15) is 12.0 Å². The number of carbonyl (C=O) groups excluding carboxylic acids is 1. The van der Waals surface area contributed by atoms with Crippen molar-refractivity contribution < 1.29 is 14.7 Å². The summed E-state index contributed by atoms with van der Waals surface area (Å²) in [5, 5.41) is 18.4. The standard InChI is InChI=1S/C25H21ClN4O4/c1-16-2-4-17(5-3-16)18-6-9-20(10-7-18)29(15-31)23(25(33)34)12-13-30-24(32)21-11-8-19(26)14-22(21)27-28-30/h2-11,14-15,23H,12-13H2,1H3,(H,33,34). The average molecular weight is 477 g/mol. The van der Waals surface area contributed by atoms with E-state index in [1.54, 1.807) is 24.3 Å². The molecule has 0 spiro atoms. The number of hydrogen-bond acceptors (Lipinski definition) is 5. The molecule has 1 heterocycles. The number of nitrogens with zero attached hydrogens (tertiary/aromatic N) is 4. The maximum atomic E-state index is 12.7. The molecule has 0 saturated heterocycles. The van der Waals surface area contributed by atoms with E-state index in [-0.39, 0.29) is 13.0 Å². The molecule has 1 amide bonds. The van der Waals surface area contributed by atoms with Crippen molar-refractivity contribution in [3.63, 3.8) is 0 Å². The van der Waals surface area contributed by atoms with Gasteiger partial charge in [0.15, 0.2) is 0 Å². The highest BCUT2D eigenvalue weighted by atomic mass is 35.5. The Bertz CT molecular complexity index is 1400. The van der Waals surface area contributed by atoms with Gasteiger partial charge in [-0.05, 0) is 54.8 Å². The van der Waals surface area contributed by atoms with Crippen LogP contribution in [0.15, 0.2) is 71.5 Å². The second-order valence-electron chi connectivity index (χ2n) is 7.85. The van der Waals surface area contributed by atoms with Crippen molar-refractivity contribution >= 4 is 40.6 Å². The summed E-state index contributed by atoms with van der Waals surface area (Å²) in [6, 6.07) is 18.5. The van der Waals surface area contributed by atoms with Gasteiger partial charge in [0.05, 0.1) is 5.39 Å². The molecular formula is C25H21ClN4O4. The Labute approximate surface area is 200 Å². The lowest BCUT2D eigenvalue weighted by molar-refractivity contribution is -0.139. The molecule has 1 unspecified atom stereocenters. The molecule has 4 aromatic rings. The van der Waals surface area contributed by atoms with Crippen molar-refractivity contribution in [2.45, 2.75) is 25.9 Å². The number of carboxylic acid groups (broad SMARTS) is 1. The molecule has 0 bridgehead atoms. The third kappa shape index (κ3) is 4.82. The van der Waals surface area contributed by atoms with E-state index in [4.69, 9.17) is 11.6 Å². The van der Waals surface area contributed by atoms with Gasteiger partial charge in [-0.15, -0.1) is 5.10 Å². The smallest absolute Gasteiger partial charge is 0.326 e. The minimum atomic E-state index is -1.20. The number of aliphatic carboxylic acids is 1. The predicted molar refractivity (Wildman–Crippen MR) is 130 cm³/mol. The van der Waals surface area contributed by atoms with Crippen LogP contribution in [-0.4, -0.2) is 38.5 Å². The van der Waals surface area contributed by atoms with Gasteiger partial charge in [0.2, 0.25) is 6.41 Å². The minimum absolute atomic E-state index is 0.0346. The summed E-state index contributed by atoms with van der Waals surface area (Å²) in [7, 11) is 0. The van der Waals surface area contributed by atoms with Crippen molar-refractivity contribution in [3.05, 3.63) is 87.7 Å². The molecule has 34 heavy (non-hydrogen) atoms. The van der Waals surface area contributed by atoms with Gasteiger partial charge in [-0.1, -0.05) is 58.8 Å². The molecule has 0 aliphatic rings. The lowest BCUT2D eigenvalue weighted by atomic mass is 10.0. The molecule has 4 rings (SSSR count). The number of aryl methyl sites for hydroxylation is 2. The Kier molecular flexibility index (Phi) is 6.70. The van der Waals surface area contributed by atoms with Crippen LogP contribution < -0.4 is 10.5 Å². The molecule has 0 fully saturated rings. The minimum Gasteiger partial charge on any atom is -0.480 e. The van der Waals surface area contributed by atoms with E-state index in [0.717, 1.165) is 26.3 Å². The van der Waals surface area contributed by atoms with Crippen LogP contribution in [0.3, 0.4) is 0 Å². The fourth-order valence-electron chi connectivity index (χ4n) is 3.71. The molecule has 3 aromatic carbocycles. The van der Waals surface area contributed by atoms with Crippen molar-refractivity contribution in [2.75, 3.05) is 4.90 Å². The van der Waals surface area contributed by atoms with Crippen LogP contribution in [0.2, 0.25) is 5.02 Å². The number of halogens is 1. The Balaban J connectivity index is 1.55. The van der Waals surface area contributed by atoms with Crippen LogP contribution in [0.5, 0.6) is 0 Å². The normalized spacial score (nSPS) is 11.8. The number of benzene rings is 3. The van der Waals surface area contributed by atoms with Gasteiger partial charge in [0.1, 0.15) is 11.6 Å². The first-order chi connectivity index (χ1) is 16.4. The van der Waals surface area contributed by atoms with E-state index in [9.17, 15) is 19.5 Å². The van der Waals surface area contributed by atoms with Crippen LogP contribution in [0.25, 0.3) is 22.0 Å². The monoisotopic (exact) mass is 476 g/mol. The van der Waals surface area contributed by atoms with E-state index in [0.29, 0.717) is 28.0 Å². The highest BCUT2D eigenvalue weighted by molar-refractivity contribution is 6.31. The summed E-state index contributed by atoms with van der Waals surface area (Å²) >= 11 is 5.93.